The van der Waals surface area contributed by atoms with Gasteiger partial charge in [0.2, 0.25) is 0 Å². The molecule has 2 nitrogen and oxygen atoms in total. The third-order valence-corrected chi connectivity index (χ3v) is 4.12. The summed E-state index contributed by atoms with van der Waals surface area (Å²) < 4.78 is 0.898. The van der Waals surface area contributed by atoms with E-state index in [1.165, 1.54) is 19.3 Å². The van der Waals surface area contributed by atoms with Gasteiger partial charge in [0.1, 0.15) is 6.07 Å². The Morgan fingerprint density at radius 1 is 1.35 bits per heavy atom. The maximum atomic E-state index is 9.25. The van der Waals surface area contributed by atoms with Crippen molar-refractivity contribution < 1.29 is 0 Å². The third kappa shape index (κ3) is 2.81. The molecule has 2 rings (SSSR count). The first-order chi connectivity index (χ1) is 8.22. The minimum Gasteiger partial charge on any atom is -0.370 e. The zero-order valence-electron chi connectivity index (χ0n) is 10.1. The second-order valence-corrected chi connectivity index (χ2v) is 5.62. The Kier molecular flexibility index (Phi) is 4.06. The van der Waals surface area contributed by atoms with Crippen molar-refractivity contribution in [1.82, 2.24) is 0 Å². The topological polar surface area (TPSA) is 27.0 Å². The molecule has 1 saturated heterocycles. The molecule has 0 aromatic heterocycles. The van der Waals surface area contributed by atoms with E-state index in [2.05, 4.69) is 39.9 Å². The minimum atomic E-state index is 0.766. The van der Waals surface area contributed by atoms with Crippen LogP contribution < -0.4 is 4.90 Å². The first-order valence-electron chi connectivity index (χ1n) is 6.16. The lowest BCUT2D eigenvalue weighted by Gasteiger charge is -2.24. The number of nitriles is 1. The van der Waals surface area contributed by atoms with Crippen molar-refractivity contribution in [2.24, 2.45) is 5.92 Å². The quantitative estimate of drug-likeness (QED) is 0.784. The summed E-state index contributed by atoms with van der Waals surface area (Å²) in [5, 5.41) is 9.25. The Hall–Kier alpha value is -1.01. The smallest absolute Gasteiger partial charge is 0.103 e. The number of anilines is 1. The first-order valence-corrected chi connectivity index (χ1v) is 6.95. The fraction of sp³-hybridized carbons (Fsp3) is 0.500. The normalized spacial score (nSPS) is 20.8. The van der Waals surface area contributed by atoms with Gasteiger partial charge in [-0.05, 0) is 53.2 Å². The van der Waals surface area contributed by atoms with Crippen molar-refractivity contribution in [3.05, 3.63) is 28.2 Å². The summed E-state index contributed by atoms with van der Waals surface area (Å²) >= 11 is 3.46. The van der Waals surface area contributed by atoms with Gasteiger partial charge in [0.15, 0.2) is 0 Å². The van der Waals surface area contributed by atoms with Crippen LogP contribution in [0.3, 0.4) is 0 Å². The van der Waals surface area contributed by atoms with Gasteiger partial charge in [0.25, 0.3) is 0 Å². The van der Waals surface area contributed by atoms with Crippen molar-refractivity contribution in [3.63, 3.8) is 0 Å². The Bertz CT molecular complexity index is 436. The zero-order valence-corrected chi connectivity index (χ0v) is 11.7. The summed E-state index contributed by atoms with van der Waals surface area (Å²) in [6.45, 7) is 4.44. The summed E-state index contributed by atoms with van der Waals surface area (Å²) in [4.78, 5) is 2.35. The minimum absolute atomic E-state index is 0.766. The van der Waals surface area contributed by atoms with Crippen molar-refractivity contribution in [3.8, 4) is 6.07 Å². The Morgan fingerprint density at radius 3 is 2.94 bits per heavy atom. The van der Waals surface area contributed by atoms with Crippen LogP contribution in [0, 0.1) is 17.2 Å². The molecule has 90 valence electrons. The first kappa shape index (κ1) is 12.4. The van der Waals surface area contributed by atoms with Gasteiger partial charge in [-0.1, -0.05) is 13.0 Å². The Balaban J connectivity index is 2.28. The lowest BCUT2D eigenvalue weighted by Crippen LogP contribution is -2.25. The maximum absolute atomic E-state index is 9.25. The van der Waals surface area contributed by atoms with Crippen LogP contribution in [-0.4, -0.2) is 13.1 Å². The average Bonchev–Trinajstić information content (AvgIpc) is 2.54. The van der Waals surface area contributed by atoms with E-state index in [0.717, 1.165) is 34.7 Å². The molecular weight excluding hydrogens is 276 g/mol. The highest BCUT2D eigenvalue weighted by atomic mass is 79.9. The molecule has 1 unspecified atom stereocenters. The van der Waals surface area contributed by atoms with Crippen molar-refractivity contribution in [1.29, 1.82) is 5.26 Å². The largest absolute Gasteiger partial charge is 0.370 e. The van der Waals surface area contributed by atoms with Crippen LogP contribution in [0.4, 0.5) is 5.69 Å². The number of rotatable bonds is 1. The van der Waals surface area contributed by atoms with Crippen LogP contribution in [0.5, 0.6) is 0 Å². The van der Waals surface area contributed by atoms with E-state index in [-0.39, 0.29) is 0 Å². The molecule has 17 heavy (non-hydrogen) atoms. The van der Waals surface area contributed by atoms with Crippen LogP contribution in [0.2, 0.25) is 0 Å². The molecule has 0 spiro atoms. The highest BCUT2D eigenvalue weighted by Gasteiger charge is 2.17. The van der Waals surface area contributed by atoms with Crippen LogP contribution in [0.15, 0.2) is 22.7 Å². The van der Waals surface area contributed by atoms with Gasteiger partial charge in [-0.25, -0.2) is 0 Å². The van der Waals surface area contributed by atoms with Gasteiger partial charge in [0, 0.05) is 17.6 Å². The molecule has 1 heterocycles. The second-order valence-electron chi connectivity index (χ2n) is 4.77. The molecule has 0 N–H and O–H groups in total. The van der Waals surface area contributed by atoms with E-state index in [0.29, 0.717) is 0 Å². The van der Waals surface area contributed by atoms with E-state index in [1.54, 1.807) is 0 Å². The third-order valence-electron chi connectivity index (χ3n) is 3.46. The molecule has 1 atom stereocenters. The monoisotopic (exact) mass is 292 g/mol. The summed E-state index contributed by atoms with van der Waals surface area (Å²) in [5.41, 5.74) is 1.85. The lowest BCUT2D eigenvalue weighted by molar-refractivity contribution is 0.521. The van der Waals surface area contributed by atoms with Gasteiger partial charge in [0.05, 0.1) is 11.3 Å². The van der Waals surface area contributed by atoms with Crippen LogP contribution in [-0.2, 0) is 0 Å². The second kappa shape index (κ2) is 5.55. The molecule has 1 aromatic carbocycles. The molecule has 1 aromatic rings. The van der Waals surface area contributed by atoms with Gasteiger partial charge >= 0.3 is 0 Å². The predicted molar refractivity (Wildman–Crippen MR) is 74.1 cm³/mol. The average molecular weight is 293 g/mol. The van der Waals surface area contributed by atoms with Crippen molar-refractivity contribution in [2.45, 2.75) is 26.2 Å². The Morgan fingerprint density at radius 2 is 2.18 bits per heavy atom. The molecule has 3 heteroatoms. The molecule has 0 bridgehead atoms. The SMILES string of the molecule is CC1CCCN(c2cccc(Br)c2C#N)CC1. The number of hydrogen-bond acceptors (Lipinski definition) is 2. The highest BCUT2D eigenvalue weighted by molar-refractivity contribution is 9.10. The number of hydrogen-bond donors (Lipinski definition) is 0. The number of nitrogens with zero attached hydrogens (tertiary/aromatic N) is 2. The van der Waals surface area contributed by atoms with Crippen LogP contribution in [0.1, 0.15) is 31.7 Å². The number of benzene rings is 1. The molecule has 0 radical (unpaired) electrons. The summed E-state index contributed by atoms with van der Waals surface area (Å²) in [6.07, 6.45) is 3.74. The predicted octanol–water partition coefficient (Wildman–Crippen LogP) is 3.95. The lowest BCUT2D eigenvalue weighted by atomic mass is 10.0. The van der Waals surface area contributed by atoms with Gasteiger partial charge in [-0.2, -0.15) is 5.26 Å². The summed E-state index contributed by atoms with van der Waals surface area (Å²) in [7, 11) is 0. The zero-order chi connectivity index (χ0) is 12.3. The van der Waals surface area contributed by atoms with Crippen LogP contribution >= 0.6 is 15.9 Å². The summed E-state index contributed by atoms with van der Waals surface area (Å²) in [5.74, 6) is 0.803. The molecule has 0 aliphatic carbocycles. The molecular formula is C14H17BrN2. The molecule has 0 saturated carbocycles. The van der Waals surface area contributed by atoms with Crippen LogP contribution in [0.25, 0.3) is 0 Å². The molecule has 0 amide bonds. The van der Waals surface area contributed by atoms with Gasteiger partial charge in [-0.15, -0.1) is 0 Å². The van der Waals surface area contributed by atoms with E-state index in [9.17, 15) is 5.26 Å². The number of halogens is 1. The van der Waals surface area contributed by atoms with Crippen molar-refractivity contribution >= 4 is 21.6 Å². The van der Waals surface area contributed by atoms with E-state index in [1.807, 2.05) is 12.1 Å². The van der Waals surface area contributed by atoms with E-state index >= 15 is 0 Å². The van der Waals surface area contributed by atoms with E-state index in [4.69, 9.17) is 0 Å². The fourth-order valence-electron chi connectivity index (χ4n) is 2.39. The summed E-state index contributed by atoms with van der Waals surface area (Å²) in [6, 6.07) is 8.30. The standard InChI is InChI=1S/C14H17BrN2/c1-11-4-3-8-17(9-7-11)14-6-2-5-13(15)12(14)10-16/h2,5-6,11H,3-4,7-9H2,1H3. The Labute approximate surface area is 111 Å². The molecule has 1 fully saturated rings. The molecule has 1 aliphatic heterocycles. The van der Waals surface area contributed by atoms with E-state index < -0.39 is 0 Å². The highest BCUT2D eigenvalue weighted by Crippen LogP contribution is 2.29. The van der Waals surface area contributed by atoms with Gasteiger partial charge in [-0.3, -0.25) is 0 Å². The van der Waals surface area contributed by atoms with Crippen molar-refractivity contribution in [2.75, 3.05) is 18.0 Å². The fourth-order valence-corrected chi connectivity index (χ4v) is 2.84. The maximum Gasteiger partial charge on any atom is 0.103 e. The van der Waals surface area contributed by atoms with Gasteiger partial charge < -0.3 is 4.90 Å². The molecule has 1 aliphatic rings.